The third kappa shape index (κ3) is 2.47. The number of alkyl halides is 2. The molecule has 1 heterocycles. The average Bonchev–Trinajstić information content (AvgIpc) is 2.09. The van der Waals surface area contributed by atoms with E-state index in [9.17, 15) is 8.78 Å². The Bertz CT molecular complexity index is 322. The van der Waals surface area contributed by atoms with Gasteiger partial charge >= 0.3 is 0 Å². The van der Waals surface area contributed by atoms with Gasteiger partial charge in [0.05, 0.1) is 10.2 Å². The normalized spacial score (nSPS) is 10.9. The second-order valence-corrected chi connectivity index (χ2v) is 3.71. The molecule has 2 nitrogen and oxygen atoms in total. The van der Waals surface area contributed by atoms with E-state index in [1.165, 1.54) is 0 Å². The predicted molar refractivity (Wildman–Crippen MR) is 52.8 cm³/mol. The first-order valence-corrected chi connectivity index (χ1v) is 4.75. The average molecular weight is 319 g/mol. The maximum atomic E-state index is 12.2. The van der Waals surface area contributed by atoms with E-state index in [1.54, 1.807) is 0 Å². The largest absolute Gasteiger partial charge is 0.392 e. The standard InChI is InChI=1S/C7H5ClF2INO/c8-6-5(11)3(2-13)1-4(12-6)7(9)10/h1,7,13H,2H2. The minimum absolute atomic E-state index is 0.00227. The van der Waals surface area contributed by atoms with Gasteiger partial charge in [-0.25, -0.2) is 13.8 Å². The van der Waals surface area contributed by atoms with Gasteiger partial charge in [0.2, 0.25) is 0 Å². The van der Waals surface area contributed by atoms with Crippen molar-refractivity contribution >= 4 is 34.2 Å². The van der Waals surface area contributed by atoms with E-state index in [0.717, 1.165) is 6.07 Å². The van der Waals surface area contributed by atoms with Crippen molar-refractivity contribution in [3.63, 3.8) is 0 Å². The summed E-state index contributed by atoms with van der Waals surface area (Å²) in [6.45, 7) is -0.319. The molecule has 0 aliphatic carbocycles. The molecule has 1 N–H and O–H groups in total. The number of halogens is 4. The summed E-state index contributed by atoms with van der Waals surface area (Å²) in [6, 6.07) is 1.15. The van der Waals surface area contributed by atoms with Crippen LogP contribution in [0.5, 0.6) is 0 Å². The van der Waals surface area contributed by atoms with E-state index < -0.39 is 12.1 Å². The summed E-state index contributed by atoms with van der Waals surface area (Å²) in [7, 11) is 0. The van der Waals surface area contributed by atoms with Crippen LogP contribution in [0.15, 0.2) is 6.07 Å². The van der Waals surface area contributed by atoms with Crippen LogP contribution < -0.4 is 0 Å². The van der Waals surface area contributed by atoms with Gasteiger partial charge in [-0.15, -0.1) is 0 Å². The lowest BCUT2D eigenvalue weighted by Crippen LogP contribution is -1.98. The van der Waals surface area contributed by atoms with E-state index in [1.807, 2.05) is 22.6 Å². The van der Waals surface area contributed by atoms with E-state index in [0.29, 0.717) is 9.13 Å². The van der Waals surface area contributed by atoms with Gasteiger partial charge in [0.15, 0.2) is 0 Å². The number of aliphatic hydroxyl groups excluding tert-OH is 1. The SMILES string of the molecule is OCc1cc(C(F)F)nc(Cl)c1I. The maximum absolute atomic E-state index is 12.2. The highest BCUT2D eigenvalue weighted by Crippen LogP contribution is 2.25. The first-order chi connectivity index (χ1) is 6.06. The molecule has 0 amide bonds. The van der Waals surface area contributed by atoms with Crippen LogP contribution in [0.1, 0.15) is 17.7 Å². The third-order valence-corrected chi connectivity index (χ3v) is 3.20. The number of pyridine rings is 1. The smallest absolute Gasteiger partial charge is 0.280 e. The van der Waals surface area contributed by atoms with Crippen molar-refractivity contribution in [1.82, 2.24) is 4.98 Å². The van der Waals surface area contributed by atoms with Gasteiger partial charge in [0, 0.05) is 0 Å². The lowest BCUT2D eigenvalue weighted by molar-refractivity contribution is 0.145. The molecule has 1 aromatic heterocycles. The molecule has 0 fully saturated rings. The summed E-state index contributed by atoms with van der Waals surface area (Å²) in [6.07, 6.45) is -2.67. The Morgan fingerprint density at radius 1 is 1.62 bits per heavy atom. The molecule has 72 valence electrons. The summed E-state index contributed by atoms with van der Waals surface area (Å²) in [5, 5.41) is 8.82. The number of hydrogen-bond acceptors (Lipinski definition) is 2. The van der Waals surface area contributed by atoms with Gasteiger partial charge < -0.3 is 5.11 Å². The van der Waals surface area contributed by atoms with E-state index >= 15 is 0 Å². The fraction of sp³-hybridized carbons (Fsp3) is 0.286. The van der Waals surface area contributed by atoms with Crippen LogP contribution in [-0.2, 0) is 6.61 Å². The van der Waals surface area contributed by atoms with Crippen LogP contribution in [-0.4, -0.2) is 10.1 Å². The van der Waals surface area contributed by atoms with Crippen LogP contribution in [0.3, 0.4) is 0 Å². The minimum atomic E-state index is -2.67. The first kappa shape index (κ1) is 11.1. The highest BCUT2D eigenvalue weighted by atomic mass is 127. The summed E-state index contributed by atoms with van der Waals surface area (Å²) in [5.74, 6) is 0. The minimum Gasteiger partial charge on any atom is -0.392 e. The number of nitrogens with zero attached hydrogens (tertiary/aromatic N) is 1. The lowest BCUT2D eigenvalue weighted by Gasteiger charge is -2.05. The van der Waals surface area contributed by atoms with Gasteiger partial charge in [-0.05, 0) is 34.2 Å². The number of rotatable bonds is 2. The Kier molecular flexibility index (Phi) is 3.81. The molecular formula is C7H5ClF2INO. The quantitative estimate of drug-likeness (QED) is 0.672. The fourth-order valence-electron chi connectivity index (χ4n) is 0.796. The summed E-state index contributed by atoms with van der Waals surface area (Å²) in [5.41, 5.74) is -0.0367. The van der Waals surface area contributed by atoms with Crippen LogP contribution in [0.2, 0.25) is 5.15 Å². The van der Waals surface area contributed by atoms with Gasteiger partial charge in [-0.1, -0.05) is 11.6 Å². The molecule has 0 aliphatic heterocycles. The Morgan fingerprint density at radius 2 is 2.23 bits per heavy atom. The zero-order chi connectivity index (χ0) is 10.0. The fourth-order valence-corrected chi connectivity index (χ4v) is 1.46. The van der Waals surface area contributed by atoms with Crippen LogP contribution >= 0.6 is 34.2 Å². The van der Waals surface area contributed by atoms with Crippen molar-refractivity contribution in [3.05, 3.63) is 26.0 Å². The molecule has 0 saturated carbocycles. The molecule has 0 aliphatic rings. The van der Waals surface area contributed by atoms with Crippen LogP contribution in [0, 0.1) is 3.57 Å². The highest BCUT2D eigenvalue weighted by Gasteiger charge is 2.14. The van der Waals surface area contributed by atoms with Crippen molar-refractivity contribution in [2.75, 3.05) is 0 Å². The number of aromatic nitrogens is 1. The zero-order valence-electron chi connectivity index (χ0n) is 6.27. The second kappa shape index (κ2) is 4.47. The molecule has 0 radical (unpaired) electrons. The van der Waals surface area contributed by atoms with Gasteiger partial charge in [0.25, 0.3) is 6.43 Å². The Hall–Kier alpha value is -0.0100. The van der Waals surface area contributed by atoms with Crippen molar-refractivity contribution in [2.45, 2.75) is 13.0 Å². The molecule has 0 unspecified atom stereocenters. The van der Waals surface area contributed by atoms with E-state index in [4.69, 9.17) is 16.7 Å². The predicted octanol–water partition coefficient (Wildman–Crippen LogP) is 2.77. The first-order valence-electron chi connectivity index (χ1n) is 3.30. The van der Waals surface area contributed by atoms with Crippen molar-refractivity contribution in [3.8, 4) is 0 Å². The molecular weight excluding hydrogens is 314 g/mol. The Balaban J connectivity index is 3.22. The van der Waals surface area contributed by atoms with Crippen molar-refractivity contribution in [2.24, 2.45) is 0 Å². The van der Waals surface area contributed by atoms with E-state index in [-0.39, 0.29) is 11.8 Å². The Labute approximate surface area is 92.1 Å². The summed E-state index contributed by atoms with van der Waals surface area (Å²) >= 11 is 7.42. The molecule has 13 heavy (non-hydrogen) atoms. The second-order valence-electron chi connectivity index (χ2n) is 2.27. The summed E-state index contributed by atoms with van der Waals surface area (Å²) in [4.78, 5) is 3.48. The van der Waals surface area contributed by atoms with E-state index in [2.05, 4.69) is 4.98 Å². The molecule has 0 atom stereocenters. The van der Waals surface area contributed by atoms with Crippen molar-refractivity contribution < 1.29 is 13.9 Å². The molecule has 6 heteroatoms. The molecule has 0 aromatic carbocycles. The molecule has 0 spiro atoms. The maximum Gasteiger partial charge on any atom is 0.280 e. The number of hydrogen-bond donors (Lipinski definition) is 1. The van der Waals surface area contributed by atoms with Gasteiger partial charge in [-0.2, -0.15) is 0 Å². The van der Waals surface area contributed by atoms with Crippen LogP contribution in [0.4, 0.5) is 8.78 Å². The molecule has 0 bridgehead atoms. The molecule has 1 rings (SSSR count). The third-order valence-electron chi connectivity index (χ3n) is 1.41. The Morgan fingerprint density at radius 3 is 2.69 bits per heavy atom. The topological polar surface area (TPSA) is 33.1 Å². The van der Waals surface area contributed by atoms with Gasteiger partial charge in [0.1, 0.15) is 10.8 Å². The van der Waals surface area contributed by atoms with Crippen molar-refractivity contribution in [1.29, 1.82) is 0 Å². The lowest BCUT2D eigenvalue weighted by atomic mass is 10.2. The number of aliphatic hydroxyl groups is 1. The molecule has 0 saturated heterocycles. The highest BCUT2D eigenvalue weighted by molar-refractivity contribution is 14.1. The summed E-state index contributed by atoms with van der Waals surface area (Å²) < 4.78 is 24.9. The monoisotopic (exact) mass is 319 g/mol. The zero-order valence-corrected chi connectivity index (χ0v) is 9.18. The van der Waals surface area contributed by atoms with Crippen LogP contribution in [0.25, 0.3) is 0 Å². The molecule has 1 aromatic rings. The van der Waals surface area contributed by atoms with Gasteiger partial charge in [-0.3, -0.25) is 0 Å².